The van der Waals surface area contributed by atoms with E-state index in [0.717, 1.165) is 29.0 Å². The first-order valence-corrected chi connectivity index (χ1v) is 18.5. The number of rotatable bonds is 7. The van der Waals surface area contributed by atoms with Crippen molar-refractivity contribution in [2.75, 3.05) is 0 Å². The Bertz CT molecular complexity index is 2830. The Hall–Kier alpha value is -6.89. The van der Waals surface area contributed by atoms with Gasteiger partial charge in [0, 0.05) is 56.9 Å². The van der Waals surface area contributed by atoms with E-state index in [-0.39, 0.29) is 0 Å². The van der Waals surface area contributed by atoms with Gasteiger partial charge in [-0.2, -0.15) is 0 Å². The number of hydrogen-bond donors (Lipinski definition) is 0. The molecule has 54 heavy (non-hydrogen) atoms. The quantitative estimate of drug-likeness (QED) is 0.117. The molecule has 0 spiro atoms. The molecule has 9 rings (SSSR count). The normalized spacial score (nSPS) is 11.9. The Labute approximate surface area is 317 Å². The highest BCUT2D eigenvalue weighted by Crippen LogP contribution is 2.37. The van der Waals surface area contributed by atoms with Crippen molar-refractivity contribution in [1.29, 1.82) is 0 Å². The second-order valence-electron chi connectivity index (χ2n) is 13.4. The number of terminal acetylenes is 1. The fraction of sp³-hybridized carbons (Fsp3) is 0.0784. The van der Waals surface area contributed by atoms with Crippen LogP contribution in [-0.2, 0) is 6.54 Å². The van der Waals surface area contributed by atoms with Crippen molar-refractivity contribution in [2.45, 2.75) is 26.8 Å². The maximum absolute atomic E-state index is 5.16. The molecular formula is C51H41N3. The van der Waals surface area contributed by atoms with Crippen molar-refractivity contribution in [2.24, 2.45) is 4.99 Å². The highest BCUT2D eigenvalue weighted by molar-refractivity contribution is 6.12. The largest absolute Gasteiger partial charge is 0.336 e. The van der Waals surface area contributed by atoms with Crippen molar-refractivity contribution < 1.29 is 0 Å². The molecule has 2 heterocycles. The molecule has 0 bridgehead atoms. The molecule has 0 unspecified atom stereocenters. The minimum Gasteiger partial charge on any atom is -0.336 e. The molecule has 3 nitrogen and oxygen atoms in total. The zero-order valence-electron chi connectivity index (χ0n) is 30.7. The Kier molecular flexibility index (Phi) is 9.74. The van der Waals surface area contributed by atoms with Gasteiger partial charge < -0.3 is 9.13 Å². The number of nitrogens with zero attached hydrogens (tertiary/aromatic N) is 3. The van der Waals surface area contributed by atoms with E-state index in [0.29, 0.717) is 6.54 Å². The fourth-order valence-electron chi connectivity index (χ4n) is 7.38. The molecule has 7 aromatic carbocycles. The number of aliphatic imine (C=N–C) groups is 1. The first kappa shape index (κ1) is 34.2. The van der Waals surface area contributed by atoms with E-state index in [4.69, 9.17) is 11.4 Å². The van der Waals surface area contributed by atoms with Gasteiger partial charge in [-0.15, -0.1) is 12.3 Å². The second kappa shape index (κ2) is 15.4. The van der Waals surface area contributed by atoms with Crippen LogP contribution in [0.5, 0.6) is 0 Å². The lowest BCUT2D eigenvalue weighted by Crippen LogP contribution is -1.98. The monoisotopic (exact) mass is 695 g/mol. The zero-order chi connectivity index (χ0) is 36.9. The summed E-state index contributed by atoms with van der Waals surface area (Å²) in [5, 5.41) is 5.03. The van der Waals surface area contributed by atoms with E-state index >= 15 is 0 Å². The van der Waals surface area contributed by atoms with E-state index < -0.39 is 0 Å². The summed E-state index contributed by atoms with van der Waals surface area (Å²) in [5.74, 6) is 2.43. The minimum atomic E-state index is 0.699. The number of allylic oxidation sites excluding steroid dienone is 1. The van der Waals surface area contributed by atoms with Gasteiger partial charge in [-0.25, -0.2) is 0 Å². The molecule has 0 aliphatic heterocycles. The lowest BCUT2D eigenvalue weighted by molar-refractivity contribution is 0.899. The van der Waals surface area contributed by atoms with Crippen LogP contribution >= 0.6 is 0 Å². The summed E-state index contributed by atoms with van der Waals surface area (Å²) in [6, 6.07) is 62.8. The summed E-state index contributed by atoms with van der Waals surface area (Å²) in [6.07, 6.45) is 7.89. The first-order chi connectivity index (χ1) is 26.6. The van der Waals surface area contributed by atoms with Gasteiger partial charge in [0.25, 0.3) is 0 Å². The molecule has 0 saturated carbocycles. The maximum Gasteiger partial charge on any atom is 0.0683 e. The highest BCUT2D eigenvalue weighted by Gasteiger charge is 2.15. The van der Waals surface area contributed by atoms with Gasteiger partial charge in [-0.1, -0.05) is 134 Å². The van der Waals surface area contributed by atoms with Gasteiger partial charge in [0.2, 0.25) is 0 Å². The van der Waals surface area contributed by atoms with Crippen LogP contribution in [0.2, 0.25) is 0 Å². The summed E-state index contributed by atoms with van der Waals surface area (Å²) < 4.78 is 4.79. The van der Waals surface area contributed by atoms with E-state index in [2.05, 4.69) is 198 Å². The Morgan fingerprint density at radius 2 is 1.02 bits per heavy atom. The summed E-state index contributed by atoms with van der Waals surface area (Å²) in [7, 11) is 0. The average molecular weight is 696 g/mol. The summed E-state index contributed by atoms with van der Waals surface area (Å²) in [5.41, 5.74) is 12.7. The Morgan fingerprint density at radius 3 is 1.65 bits per heavy atom. The predicted molar refractivity (Wildman–Crippen MR) is 231 cm³/mol. The van der Waals surface area contributed by atoms with Crippen LogP contribution in [0.1, 0.15) is 31.4 Å². The Morgan fingerprint density at radius 1 is 0.556 bits per heavy atom. The van der Waals surface area contributed by atoms with Crippen LogP contribution < -0.4 is 0 Å². The molecule has 0 aliphatic rings. The molecule has 3 heteroatoms. The van der Waals surface area contributed by atoms with Crippen LogP contribution in [0.25, 0.3) is 66.1 Å². The third kappa shape index (κ3) is 6.62. The minimum absolute atomic E-state index is 0.699. The molecule has 0 atom stereocenters. The third-order valence-corrected chi connectivity index (χ3v) is 10.0. The standard InChI is InChI=1S/C47H35N3.C4H6/c1-33(34-15-5-2-6-16-34)48-43(35-17-7-3-8-18-35)29-30-49-44-23-13-11-21-39(44)41-31-36(25-27-45(41)49)37-26-28-47-42(32-37)40-22-12-14-24-46(40)50(47)38-19-9-4-10-20-38;1-3-4-2/h2-29,31-32H,30H2,1H3;1H,4H2,2H3/b43-29-,48-33?;. The van der Waals surface area contributed by atoms with Crippen molar-refractivity contribution in [3.8, 4) is 29.2 Å². The zero-order valence-corrected chi connectivity index (χ0v) is 30.7. The van der Waals surface area contributed by atoms with E-state index in [1.54, 1.807) is 0 Å². The lowest BCUT2D eigenvalue weighted by atomic mass is 10.0. The summed E-state index contributed by atoms with van der Waals surface area (Å²) >= 11 is 0. The lowest BCUT2D eigenvalue weighted by Gasteiger charge is -2.09. The van der Waals surface area contributed by atoms with E-state index in [1.165, 1.54) is 60.4 Å². The molecule has 260 valence electrons. The summed E-state index contributed by atoms with van der Waals surface area (Å²) in [6.45, 7) is 4.73. The van der Waals surface area contributed by atoms with Gasteiger partial charge in [-0.3, -0.25) is 4.99 Å². The topological polar surface area (TPSA) is 22.2 Å². The Balaban J connectivity index is 0.000000987. The van der Waals surface area contributed by atoms with Gasteiger partial charge in [-0.05, 0) is 83.8 Å². The molecule has 9 aromatic rings. The van der Waals surface area contributed by atoms with Crippen LogP contribution in [0.4, 0.5) is 0 Å². The predicted octanol–water partition coefficient (Wildman–Crippen LogP) is 13.1. The van der Waals surface area contributed by atoms with Crippen molar-refractivity contribution in [3.05, 3.63) is 193 Å². The average Bonchev–Trinajstić information content (AvgIpc) is 3.75. The SMILES string of the molecule is C#CCC.CC(=N/C(=C\Cn1c2ccccc2c2cc(-c3ccc4c(c3)c3ccccc3n4-c3ccccc3)ccc21)c1ccccc1)c1ccccc1. The maximum atomic E-state index is 5.16. The van der Waals surface area contributed by atoms with Crippen LogP contribution in [0.15, 0.2) is 187 Å². The second-order valence-corrected chi connectivity index (χ2v) is 13.4. The molecular weight excluding hydrogens is 655 g/mol. The van der Waals surface area contributed by atoms with E-state index in [9.17, 15) is 0 Å². The smallest absolute Gasteiger partial charge is 0.0683 e. The molecule has 0 N–H and O–H groups in total. The van der Waals surface area contributed by atoms with Gasteiger partial charge >= 0.3 is 0 Å². The molecule has 2 aromatic heterocycles. The number of benzene rings is 7. The third-order valence-electron chi connectivity index (χ3n) is 10.0. The number of fused-ring (bicyclic) bond motifs is 6. The molecule has 0 fully saturated rings. The first-order valence-electron chi connectivity index (χ1n) is 18.5. The van der Waals surface area contributed by atoms with Crippen molar-refractivity contribution in [3.63, 3.8) is 0 Å². The van der Waals surface area contributed by atoms with Crippen molar-refractivity contribution in [1.82, 2.24) is 9.13 Å². The van der Waals surface area contributed by atoms with Crippen molar-refractivity contribution >= 4 is 55.0 Å². The van der Waals surface area contributed by atoms with Crippen LogP contribution in [0.3, 0.4) is 0 Å². The number of aromatic nitrogens is 2. The summed E-state index contributed by atoms with van der Waals surface area (Å²) in [4.78, 5) is 5.16. The molecule has 0 radical (unpaired) electrons. The molecule has 0 saturated heterocycles. The highest BCUT2D eigenvalue weighted by atomic mass is 15.0. The molecule has 0 aliphatic carbocycles. The van der Waals surface area contributed by atoms with Crippen LogP contribution in [0, 0.1) is 12.3 Å². The fourth-order valence-corrected chi connectivity index (χ4v) is 7.38. The van der Waals surface area contributed by atoms with Gasteiger partial charge in [0.05, 0.1) is 16.7 Å². The van der Waals surface area contributed by atoms with Gasteiger partial charge in [0.15, 0.2) is 0 Å². The number of para-hydroxylation sites is 3. The van der Waals surface area contributed by atoms with Gasteiger partial charge in [0.1, 0.15) is 0 Å². The van der Waals surface area contributed by atoms with Crippen LogP contribution in [-0.4, -0.2) is 14.8 Å². The number of hydrogen-bond acceptors (Lipinski definition) is 1. The molecule has 0 amide bonds. The van der Waals surface area contributed by atoms with E-state index in [1.807, 2.05) is 13.0 Å².